The molecule has 0 bridgehead atoms. The van der Waals surface area contributed by atoms with Gasteiger partial charge < -0.3 is 14.8 Å². The molecule has 6 heteroatoms. The van der Waals surface area contributed by atoms with Crippen LogP contribution in [0.15, 0.2) is 42.5 Å². The number of anilines is 1. The van der Waals surface area contributed by atoms with Crippen molar-refractivity contribution in [2.24, 2.45) is 0 Å². The lowest BCUT2D eigenvalue weighted by atomic mass is 10.1. The monoisotopic (exact) mass is 347 g/mol. The molecule has 126 valence electrons. The van der Waals surface area contributed by atoms with Crippen molar-refractivity contribution in [2.75, 3.05) is 12.4 Å². The lowest BCUT2D eigenvalue weighted by Crippen LogP contribution is -2.30. The molecule has 2 aromatic carbocycles. The third kappa shape index (κ3) is 4.26. The average molecular weight is 348 g/mol. The molecule has 1 amide bonds. The molecule has 0 radical (unpaired) electrons. The number of esters is 1. The molecule has 2 aromatic rings. The van der Waals surface area contributed by atoms with Gasteiger partial charge in [-0.25, -0.2) is 4.79 Å². The second kappa shape index (κ2) is 7.84. The van der Waals surface area contributed by atoms with E-state index < -0.39 is 12.1 Å². The Bertz CT molecular complexity index is 760. The van der Waals surface area contributed by atoms with Crippen LogP contribution in [0.1, 0.15) is 22.8 Å². The zero-order valence-electron chi connectivity index (χ0n) is 13.6. The molecule has 1 atom stereocenters. The summed E-state index contributed by atoms with van der Waals surface area (Å²) in [5.41, 5.74) is 1.57. The van der Waals surface area contributed by atoms with Crippen molar-refractivity contribution in [3.63, 3.8) is 0 Å². The van der Waals surface area contributed by atoms with Gasteiger partial charge in [0.05, 0.1) is 12.7 Å². The number of amides is 1. The predicted molar refractivity (Wildman–Crippen MR) is 92.7 cm³/mol. The normalized spacial score (nSPS) is 11.5. The Hall–Kier alpha value is -2.53. The maximum absolute atomic E-state index is 12.3. The van der Waals surface area contributed by atoms with Crippen molar-refractivity contribution in [1.82, 2.24) is 0 Å². The highest BCUT2D eigenvalue weighted by molar-refractivity contribution is 6.30. The number of halogens is 1. The molecule has 0 aliphatic heterocycles. The molecule has 0 saturated carbocycles. The van der Waals surface area contributed by atoms with Crippen molar-refractivity contribution in [1.29, 1.82) is 0 Å². The number of ether oxygens (including phenoxy) is 2. The number of carbonyl (C=O) groups is 2. The van der Waals surface area contributed by atoms with Gasteiger partial charge in [0.1, 0.15) is 5.75 Å². The number of nitrogens with one attached hydrogen (secondary N) is 1. The van der Waals surface area contributed by atoms with Gasteiger partial charge in [0.25, 0.3) is 5.91 Å². The second-order valence-corrected chi connectivity index (χ2v) is 5.61. The van der Waals surface area contributed by atoms with Crippen LogP contribution in [0.4, 0.5) is 5.69 Å². The Kier molecular flexibility index (Phi) is 5.82. The maximum Gasteiger partial charge on any atom is 0.338 e. The number of hydrogen-bond acceptors (Lipinski definition) is 4. The van der Waals surface area contributed by atoms with E-state index in [-0.39, 0.29) is 5.91 Å². The third-order valence-electron chi connectivity index (χ3n) is 3.48. The molecule has 24 heavy (non-hydrogen) atoms. The lowest BCUT2D eigenvalue weighted by Gasteiger charge is -2.16. The van der Waals surface area contributed by atoms with E-state index in [1.54, 1.807) is 56.3 Å². The Morgan fingerprint density at radius 3 is 2.54 bits per heavy atom. The number of benzene rings is 2. The van der Waals surface area contributed by atoms with Gasteiger partial charge in [-0.3, -0.25) is 4.79 Å². The van der Waals surface area contributed by atoms with Crippen molar-refractivity contribution < 1.29 is 19.1 Å². The highest BCUT2D eigenvalue weighted by atomic mass is 35.5. The van der Waals surface area contributed by atoms with E-state index in [4.69, 9.17) is 21.1 Å². The molecular weight excluding hydrogens is 330 g/mol. The van der Waals surface area contributed by atoms with Crippen LogP contribution in [-0.2, 0) is 9.53 Å². The fourth-order valence-electron chi connectivity index (χ4n) is 2.13. The average Bonchev–Trinajstić information content (AvgIpc) is 2.56. The van der Waals surface area contributed by atoms with Gasteiger partial charge >= 0.3 is 5.97 Å². The molecule has 2 rings (SSSR count). The van der Waals surface area contributed by atoms with Crippen LogP contribution >= 0.6 is 11.6 Å². The minimum atomic E-state index is -0.732. The molecule has 0 aromatic heterocycles. The summed E-state index contributed by atoms with van der Waals surface area (Å²) in [6.07, 6.45) is -0.732. The molecule has 0 unspecified atom stereocenters. The summed E-state index contributed by atoms with van der Waals surface area (Å²) < 4.78 is 10.3. The van der Waals surface area contributed by atoms with Crippen molar-refractivity contribution in [3.8, 4) is 5.75 Å². The Morgan fingerprint density at radius 2 is 1.88 bits per heavy atom. The topological polar surface area (TPSA) is 64.6 Å². The van der Waals surface area contributed by atoms with E-state index in [9.17, 15) is 9.59 Å². The van der Waals surface area contributed by atoms with E-state index >= 15 is 0 Å². The van der Waals surface area contributed by atoms with Crippen molar-refractivity contribution >= 4 is 29.2 Å². The van der Waals surface area contributed by atoms with Crippen LogP contribution in [0.25, 0.3) is 0 Å². The first-order valence-electron chi connectivity index (χ1n) is 7.33. The van der Waals surface area contributed by atoms with Crippen LogP contribution in [0.3, 0.4) is 0 Å². The van der Waals surface area contributed by atoms with Crippen LogP contribution in [0.5, 0.6) is 5.75 Å². The summed E-state index contributed by atoms with van der Waals surface area (Å²) in [5, 5.41) is 3.29. The summed E-state index contributed by atoms with van der Waals surface area (Å²) in [6, 6.07) is 11.9. The lowest BCUT2D eigenvalue weighted by molar-refractivity contribution is -0.122. The molecular formula is C18H18ClNO4. The first-order chi connectivity index (χ1) is 11.4. The fraction of sp³-hybridized carbons (Fsp3) is 0.222. The van der Waals surface area contributed by atoms with Crippen LogP contribution < -0.4 is 10.1 Å². The molecule has 0 aliphatic rings. The molecule has 0 fully saturated rings. The maximum atomic E-state index is 12.3. The first kappa shape index (κ1) is 17.8. The van der Waals surface area contributed by atoms with E-state index in [1.165, 1.54) is 7.11 Å². The standard InChI is InChI=1S/C18H18ClNO4/c1-11-15(18(22)23-3)8-5-9-16(11)20-17(21)12(2)24-14-7-4-6-13(19)10-14/h4-10,12H,1-3H3,(H,20,21)/t12-/m0/s1. The highest BCUT2D eigenvalue weighted by Crippen LogP contribution is 2.21. The van der Waals surface area contributed by atoms with E-state index in [0.717, 1.165) is 0 Å². The highest BCUT2D eigenvalue weighted by Gasteiger charge is 2.18. The fourth-order valence-corrected chi connectivity index (χ4v) is 2.31. The number of carbonyl (C=O) groups excluding carboxylic acids is 2. The number of hydrogen-bond donors (Lipinski definition) is 1. The zero-order chi connectivity index (χ0) is 17.7. The molecule has 0 spiro atoms. The van der Waals surface area contributed by atoms with E-state index in [1.807, 2.05) is 0 Å². The quantitative estimate of drug-likeness (QED) is 0.834. The van der Waals surface area contributed by atoms with E-state index in [2.05, 4.69) is 5.32 Å². The summed E-state index contributed by atoms with van der Waals surface area (Å²) in [7, 11) is 1.31. The summed E-state index contributed by atoms with van der Waals surface area (Å²) in [4.78, 5) is 24.0. The van der Waals surface area contributed by atoms with Gasteiger partial charge in [-0.15, -0.1) is 0 Å². The first-order valence-corrected chi connectivity index (χ1v) is 7.71. The van der Waals surface area contributed by atoms with Gasteiger partial charge in [0.2, 0.25) is 0 Å². The number of methoxy groups -OCH3 is 1. The van der Waals surface area contributed by atoms with Gasteiger partial charge in [0, 0.05) is 10.7 Å². The summed E-state index contributed by atoms with van der Waals surface area (Å²) in [6.45, 7) is 3.38. The molecule has 1 N–H and O–H groups in total. The minimum Gasteiger partial charge on any atom is -0.481 e. The Labute approximate surface area is 145 Å². The Morgan fingerprint density at radius 1 is 1.17 bits per heavy atom. The van der Waals surface area contributed by atoms with Crippen molar-refractivity contribution in [2.45, 2.75) is 20.0 Å². The minimum absolute atomic E-state index is 0.333. The number of rotatable bonds is 5. The molecule has 0 aliphatic carbocycles. The molecule has 0 heterocycles. The van der Waals surface area contributed by atoms with E-state index in [0.29, 0.717) is 27.6 Å². The Balaban J connectivity index is 2.10. The van der Waals surface area contributed by atoms with Crippen LogP contribution in [-0.4, -0.2) is 25.1 Å². The van der Waals surface area contributed by atoms with Crippen molar-refractivity contribution in [3.05, 3.63) is 58.6 Å². The van der Waals surface area contributed by atoms with Gasteiger partial charge in [-0.2, -0.15) is 0 Å². The third-order valence-corrected chi connectivity index (χ3v) is 3.71. The smallest absolute Gasteiger partial charge is 0.338 e. The van der Waals surface area contributed by atoms with Crippen LogP contribution in [0.2, 0.25) is 5.02 Å². The van der Waals surface area contributed by atoms with Gasteiger partial charge in [-0.1, -0.05) is 23.7 Å². The largest absolute Gasteiger partial charge is 0.481 e. The second-order valence-electron chi connectivity index (χ2n) is 5.18. The summed E-state index contributed by atoms with van der Waals surface area (Å²) >= 11 is 5.89. The van der Waals surface area contributed by atoms with Gasteiger partial charge in [0.15, 0.2) is 6.10 Å². The van der Waals surface area contributed by atoms with Crippen LogP contribution in [0, 0.1) is 6.92 Å². The summed E-state index contributed by atoms with van der Waals surface area (Å²) in [5.74, 6) is -0.280. The SMILES string of the molecule is COC(=O)c1cccc(NC(=O)[C@H](C)Oc2cccc(Cl)c2)c1C. The predicted octanol–water partition coefficient (Wildman–Crippen LogP) is 3.84. The van der Waals surface area contributed by atoms with Gasteiger partial charge in [-0.05, 0) is 49.7 Å². The molecule has 5 nitrogen and oxygen atoms in total. The zero-order valence-corrected chi connectivity index (χ0v) is 14.4. The molecule has 0 saturated heterocycles.